The fourth-order valence-electron chi connectivity index (χ4n) is 2.59. The summed E-state index contributed by atoms with van der Waals surface area (Å²) in [7, 11) is 0. The Morgan fingerprint density at radius 3 is 2.52 bits per heavy atom. The number of nitrogens with zero attached hydrogens (tertiary/aromatic N) is 1. The fraction of sp³-hybridized carbons (Fsp3) is 0.0500. The summed E-state index contributed by atoms with van der Waals surface area (Å²) >= 11 is 17.4. The number of halogens is 3. The number of terminal acetylenes is 1. The highest BCUT2D eigenvalue weighted by molar-refractivity contribution is 7.80. The van der Waals surface area contributed by atoms with Crippen LogP contribution in [0.1, 0.15) is 5.56 Å². The zero-order valence-electron chi connectivity index (χ0n) is 14.5. The van der Waals surface area contributed by atoms with Crippen LogP contribution >= 0.6 is 35.4 Å². The van der Waals surface area contributed by atoms with Gasteiger partial charge in [0.2, 0.25) is 0 Å². The fourth-order valence-corrected chi connectivity index (χ4v) is 3.48. The summed E-state index contributed by atoms with van der Waals surface area (Å²) in [4.78, 5) is 26.2. The highest BCUT2D eigenvalue weighted by atomic mass is 35.5. The third-order valence-electron chi connectivity index (χ3n) is 3.83. The molecule has 0 aliphatic carbocycles. The van der Waals surface area contributed by atoms with E-state index < -0.39 is 17.6 Å². The van der Waals surface area contributed by atoms with Crippen molar-refractivity contribution in [1.82, 2.24) is 5.32 Å². The van der Waals surface area contributed by atoms with Crippen molar-refractivity contribution in [1.29, 1.82) is 0 Å². The summed E-state index contributed by atoms with van der Waals surface area (Å²) in [6, 6.07) is 8.47. The first-order chi connectivity index (χ1) is 13.8. The van der Waals surface area contributed by atoms with Gasteiger partial charge in [0, 0.05) is 0 Å². The highest BCUT2D eigenvalue weighted by Crippen LogP contribution is 2.35. The standard InChI is InChI=1S/C20H11Cl2FN2O3S/c1-2-7-28-17-13(21)9-11(10-14(17)22)8-12-18(26)24-20(29)25(19(12)27)16-6-4-3-5-15(16)23/h1,3-6,8-10H,7H2,(H,24,26,29)/b12-8+. The van der Waals surface area contributed by atoms with Crippen LogP contribution in [0.5, 0.6) is 5.75 Å². The van der Waals surface area contributed by atoms with Crippen molar-refractivity contribution in [3.8, 4) is 18.1 Å². The van der Waals surface area contributed by atoms with Crippen LogP contribution in [0.15, 0.2) is 42.0 Å². The zero-order chi connectivity index (χ0) is 21.1. The van der Waals surface area contributed by atoms with Gasteiger partial charge in [-0.05, 0) is 48.1 Å². The van der Waals surface area contributed by atoms with Gasteiger partial charge in [0.15, 0.2) is 10.9 Å². The first-order valence-corrected chi connectivity index (χ1v) is 9.21. The Bertz CT molecular complexity index is 1090. The smallest absolute Gasteiger partial charge is 0.270 e. The molecule has 29 heavy (non-hydrogen) atoms. The molecule has 0 unspecified atom stereocenters. The molecule has 2 amide bonds. The third kappa shape index (κ3) is 4.25. The van der Waals surface area contributed by atoms with E-state index in [4.69, 9.17) is 46.6 Å². The van der Waals surface area contributed by atoms with Gasteiger partial charge in [0.1, 0.15) is 18.0 Å². The van der Waals surface area contributed by atoms with Crippen LogP contribution in [0.3, 0.4) is 0 Å². The van der Waals surface area contributed by atoms with E-state index >= 15 is 0 Å². The van der Waals surface area contributed by atoms with Crippen LogP contribution < -0.4 is 15.0 Å². The van der Waals surface area contributed by atoms with E-state index in [1.165, 1.54) is 36.4 Å². The normalized spacial score (nSPS) is 15.3. The summed E-state index contributed by atoms with van der Waals surface area (Å²) in [6.45, 7) is -0.0319. The molecule has 0 radical (unpaired) electrons. The van der Waals surface area contributed by atoms with E-state index in [9.17, 15) is 14.0 Å². The van der Waals surface area contributed by atoms with Gasteiger partial charge in [-0.2, -0.15) is 0 Å². The molecular weight excluding hydrogens is 438 g/mol. The molecule has 1 fully saturated rings. The van der Waals surface area contributed by atoms with Crippen molar-refractivity contribution in [3.05, 3.63) is 63.4 Å². The molecule has 3 rings (SSSR count). The molecule has 1 N–H and O–H groups in total. The van der Waals surface area contributed by atoms with Gasteiger partial charge in [-0.1, -0.05) is 41.3 Å². The molecule has 2 aromatic carbocycles. The molecule has 0 aromatic heterocycles. The average Bonchev–Trinajstić information content (AvgIpc) is 2.66. The van der Waals surface area contributed by atoms with E-state index in [1.807, 2.05) is 0 Å². The SMILES string of the molecule is C#CCOc1c(Cl)cc(/C=C2\C(=O)NC(=S)N(c3ccccc3F)C2=O)cc1Cl. The number of amides is 2. The van der Waals surface area contributed by atoms with Crippen molar-refractivity contribution < 1.29 is 18.7 Å². The first-order valence-electron chi connectivity index (χ1n) is 8.04. The molecular formula is C20H11Cl2FN2O3S. The Morgan fingerprint density at radius 2 is 1.90 bits per heavy atom. The van der Waals surface area contributed by atoms with Gasteiger partial charge in [0.05, 0.1) is 15.7 Å². The maximum atomic E-state index is 14.2. The van der Waals surface area contributed by atoms with Crippen molar-refractivity contribution in [2.24, 2.45) is 0 Å². The minimum atomic E-state index is -0.788. The Balaban J connectivity index is 2.01. The first kappa shape index (κ1) is 20.8. The number of ether oxygens (including phenoxy) is 1. The second-order valence-electron chi connectivity index (χ2n) is 5.72. The van der Waals surface area contributed by atoms with Gasteiger partial charge >= 0.3 is 0 Å². The van der Waals surface area contributed by atoms with Gasteiger partial charge in [-0.25, -0.2) is 9.29 Å². The van der Waals surface area contributed by atoms with Crippen LogP contribution in [0, 0.1) is 18.2 Å². The quantitative estimate of drug-likeness (QED) is 0.332. The summed E-state index contributed by atoms with van der Waals surface area (Å²) in [6.07, 6.45) is 6.42. The van der Waals surface area contributed by atoms with E-state index in [-0.39, 0.29) is 38.8 Å². The summed E-state index contributed by atoms with van der Waals surface area (Å²) in [5.41, 5.74) is 0.00152. The average molecular weight is 449 g/mol. The summed E-state index contributed by atoms with van der Waals surface area (Å²) in [5, 5.41) is 2.44. The highest BCUT2D eigenvalue weighted by Gasteiger charge is 2.35. The molecule has 0 atom stereocenters. The molecule has 1 saturated heterocycles. The van der Waals surface area contributed by atoms with Crippen molar-refractivity contribution in [2.75, 3.05) is 11.5 Å². The number of rotatable bonds is 4. The molecule has 146 valence electrons. The molecule has 1 aliphatic rings. The summed E-state index contributed by atoms with van der Waals surface area (Å²) < 4.78 is 19.4. The number of hydrogen-bond acceptors (Lipinski definition) is 4. The van der Waals surface area contributed by atoms with Crippen LogP contribution in [0.2, 0.25) is 10.0 Å². The van der Waals surface area contributed by atoms with Crippen LogP contribution in [-0.4, -0.2) is 23.5 Å². The lowest BCUT2D eigenvalue weighted by molar-refractivity contribution is -0.122. The van der Waals surface area contributed by atoms with Gasteiger partial charge in [-0.3, -0.25) is 14.9 Å². The molecule has 1 aliphatic heterocycles. The summed E-state index contributed by atoms with van der Waals surface area (Å²) in [5.74, 6) is 0.292. The predicted molar refractivity (Wildman–Crippen MR) is 113 cm³/mol. The Labute approximate surface area is 181 Å². The number of carbonyl (C=O) groups is 2. The number of nitrogens with one attached hydrogen (secondary N) is 1. The molecule has 9 heteroatoms. The van der Waals surface area contributed by atoms with Gasteiger partial charge in [0.25, 0.3) is 11.8 Å². The lowest BCUT2D eigenvalue weighted by Crippen LogP contribution is -2.54. The monoisotopic (exact) mass is 448 g/mol. The third-order valence-corrected chi connectivity index (χ3v) is 4.67. The van der Waals surface area contributed by atoms with E-state index in [2.05, 4.69) is 11.2 Å². The van der Waals surface area contributed by atoms with Crippen LogP contribution in [0.4, 0.5) is 10.1 Å². The van der Waals surface area contributed by atoms with E-state index in [0.29, 0.717) is 5.56 Å². The van der Waals surface area contributed by atoms with Crippen molar-refractivity contribution in [2.45, 2.75) is 0 Å². The lowest BCUT2D eigenvalue weighted by Gasteiger charge is -2.29. The lowest BCUT2D eigenvalue weighted by atomic mass is 10.1. The molecule has 0 spiro atoms. The molecule has 1 heterocycles. The number of para-hydroxylation sites is 1. The van der Waals surface area contributed by atoms with E-state index in [1.54, 1.807) is 6.07 Å². The van der Waals surface area contributed by atoms with Crippen LogP contribution in [-0.2, 0) is 9.59 Å². The van der Waals surface area contributed by atoms with Crippen molar-refractivity contribution >= 4 is 64.1 Å². The van der Waals surface area contributed by atoms with Crippen LogP contribution in [0.25, 0.3) is 6.08 Å². The number of anilines is 1. The minimum absolute atomic E-state index is 0.0319. The largest absolute Gasteiger partial charge is 0.478 e. The zero-order valence-corrected chi connectivity index (χ0v) is 16.9. The topological polar surface area (TPSA) is 58.6 Å². The molecule has 0 saturated carbocycles. The second-order valence-corrected chi connectivity index (χ2v) is 6.92. The Morgan fingerprint density at radius 1 is 1.24 bits per heavy atom. The maximum absolute atomic E-state index is 14.2. The molecule has 5 nitrogen and oxygen atoms in total. The minimum Gasteiger partial charge on any atom is -0.478 e. The Kier molecular flexibility index (Phi) is 6.18. The second kappa shape index (κ2) is 8.62. The maximum Gasteiger partial charge on any atom is 0.270 e. The number of hydrogen-bond donors (Lipinski definition) is 1. The molecule has 0 bridgehead atoms. The Hall–Kier alpha value is -2.92. The number of thiocarbonyl (C=S) groups is 1. The van der Waals surface area contributed by atoms with Gasteiger partial charge in [-0.15, -0.1) is 6.42 Å². The predicted octanol–water partition coefficient (Wildman–Crippen LogP) is 3.98. The molecule has 2 aromatic rings. The van der Waals surface area contributed by atoms with Crippen molar-refractivity contribution in [3.63, 3.8) is 0 Å². The van der Waals surface area contributed by atoms with E-state index in [0.717, 1.165) is 4.90 Å². The number of benzene rings is 2. The van der Waals surface area contributed by atoms with Gasteiger partial charge < -0.3 is 4.74 Å². The number of carbonyl (C=O) groups excluding carboxylic acids is 2.